The van der Waals surface area contributed by atoms with E-state index in [0.717, 1.165) is 17.8 Å². The van der Waals surface area contributed by atoms with Gasteiger partial charge in [0, 0.05) is 35.2 Å². The molecule has 152 valence electrons. The first-order chi connectivity index (χ1) is 14.3. The molecule has 3 nitrogen and oxygen atoms in total. The van der Waals surface area contributed by atoms with E-state index in [1.807, 2.05) is 12.4 Å². The Hall–Kier alpha value is -3.07. The lowest BCUT2D eigenvalue weighted by molar-refractivity contribution is -0.658. The van der Waals surface area contributed by atoms with Gasteiger partial charge in [0.05, 0.1) is 11.1 Å². The first-order valence-corrected chi connectivity index (χ1v) is 10.7. The first kappa shape index (κ1) is 20.2. The SMILES string of the molecule is Cc1cc(C)c(C)c(-c2c(-c3cnc(CC(C)C)nc3)c3ccccc3c[n+]2C)c1. The maximum Gasteiger partial charge on any atom is 0.221 e. The zero-order valence-corrected chi connectivity index (χ0v) is 18.8. The molecule has 0 spiro atoms. The second kappa shape index (κ2) is 7.98. The molecule has 30 heavy (non-hydrogen) atoms. The van der Waals surface area contributed by atoms with E-state index < -0.39 is 0 Å². The van der Waals surface area contributed by atoms with Crippen LogP contribution in [0.1, 0.15) is 36.4 Å². The van der Waals surface area contributed by atoms with Gasteiger partial charge in [-0.15, -0.1) is 0 Å². The molecule has 0 N–H and O–H groups in total. The van der Waals surface area contributed by atoms with Gasteiger partial charge in [0.25, 0.3) is 0 Å². The molecule has 0 saturated carbocycles. The summed E-state index contributed by atoms with van der Waals surface area (Å²) in [7, 11) is 2.14. The van der Waals surface area contributed by atoms with Gasteiger partial charge in [0.2, 0.25) is 5.69 Å². The van der Waals surface area contributed by atoms with E-state index >= 15 is 0 Å². The third-order valence-corrected chi connectivity index (χ3v) is 5.80. The van der Waals surface area contributed by atoms with Crippen LogP contribution in [0, 0.1) is 26.7 Å². The monoisotopic (exact) mass is 396 g/mol. The molecule has 0 aliphatic heterocycles. The molecule has 3 heteroatoms. The summed E-state index contributed by atoms with van der Waals surface area (Å²) in [6, 6.07) is 13.1. The summed E-state index contributed by atoms with van der Waals surface area (Å²) in [5.41, 5.74) is 8.62. The van der Waals surface area contributed by atoms with Crippen LogP contribution in [-0.2, 0) is 13.5 Å². The largest absolute Gasteiger partial charge is 0.241 e. The molecule has 0 bridgehead atoms. The van der Waals surface area contributed by atoms with Crippen molar-refractivity contribution < 1.29 is 4.57 Å². The number of aromatic nitrogens is 3. The minimum Gasteiger partial charge on any atom is -0.241 e. The molecule has 0 radical (unpaired) electrons. The third-order valence-electron chi connectivity index (χ3n) is 5.80. The fourth-order valence-corrected chi connectivity index (χ4v) is 4.27. The van der Waals surface area contributed by atoms with Gasteiger partial charge in [-0.25, -0.2) is 9.97 Å². The van der Waals surface area contributed by atoms with Crippen LogP contribution in [0.5, 0.6) is 0 Å². The smallest absolute Gasteiger partial charge is 0.221 e. The molecular formula is C27H30N3+. The standard InChI is InChI=1S/C27H30N3/c1-17(2)11-25-28-14-22(15-29-25)26-23-10-8-7-9-21(23)16-30(6)27(26)24-13-18(3)12-19(4)20(24)5/h7-10,12-17H,11H2,1-6H3/q+1. The molecule has 0 aliphatic rings. The number of nitrogens with zero attached hydrogens (tertiary/aromatic N) is 3. The molecule has 4 aromatic rings. The van der Waals surface area contributed by atoms with E-state index in [2.05, 4.69) is 88.8 Å². The fraction of sp³-hybridized carbons (Fsp3) is 0.296. The lowest BCUT2D eigenvalue weighted by Gasteiger charge is -2.15. The van der Waals surface area contributed by atoms with E-state index in [0.29, 0.717) is 5.92 Å². The summed E-state index contributed by atoms with van der Waals surface area (Å²) in [4.78, 5) is 9.41. The highest BCUT2D eigenvalue weighted by molar-refractivity contribution is 6.01. The highest BCUT2D eigenvalue weighted by Crippen LogP contribution is 2.37. The average molecular weight is 397 g/mol. The fourth-order valence-electron chi connectivity index (χ4n) is 4.27. The predicted octanol–water partition coefficient (Wildman–Crippen LogP) is 5.91. The minimum atomic E-state index is 0.541. The van der Waals surface area contributed by atoms with E-state index in [9.17, 15) is 0 Å². The average Bonchev–Trinajstić information content (AvgIpc) is 2.70. The molecule has 0 fully saturated rings. The Balaban J connectivity index is 2.04. The maximum absolute atomic E-state index is 4.70. The third kappa shape index (κ3) is 3.72. The van der Waals surface area contributed by atoms with Crippen molar-refractivity contribution >= 4 is 10.8 Å². The summed E-state index contributed by atoms with van der Waals surface area (Å²) in [5, 5.41) is 2.44. The Morgan fingerprint density at radius 2 is 1.67 bits per heavy atom. The topological polar surface area (TPSA) is 29.7 Å². The van der Waals surface area contributed by atoms with E-state index in [-0.39, 0.29) is 0 Å². The van der Waals surface area contributed by atoms with Crippen LogP contribution in [0.4, 0.5) is 0 Å². The predicted molar refractivity (Wildman–Crippen MR) is 124 cm³/mol. The summed E-state index contributed by atoms with van der Waals surface area (Å²) >= 11 is 0. The van der Waals surface area contributed by atoms with Gasteiger partial charge in [-0.1, -0.05) is 43.7 Å². The van der Waals surface area contributed by atoms with Gasteiger partial charge in [-0.3, -0.25) is 0 Å². The van der Waals surface area contributed by atoms with E-state index in [1.54, 1.807) is 0 Å². The van der Waals surface area contributed by atoms with Crippen molar-refractivity contribution in [1.82, 2.24) is 9.97 Å². The van der Waals surface area contributed by atoms with Crippen LogP contribution in [0.15, 0.2) is 55.0 Å². The van der Waals surface area contributed by atoms with Gasteiger partial charge in [0.1, 0.15) is 12.9 Å². The second-order valence-corrected chi connectivity index (χ2v) is 8.79. The Morgan fingerprint density at radius 3 is 2.37 bits per heavy atom. The molecule has 0 amide bonds. The van der Waals surface area contributed by atoms with Crippen LogP contribution >= 0.6 is 0 Å². The van der Waals surface area contributed by atoms with Crippen LogP contribution in [0.3, 0.4) is 0 Å². The van der Waals surface area contributed by atoms with Crippen LogP contribution in [-0.4, -0.2) is 9.97 Å². The first-order valence-electron chi connectivity index (χ1n) is 10.7. The molecular weight excluding hydrogens is 366 g/mol. The van der Waals surface area contributed by atoms with Gasteiger partial charge in [0.15, 0.2) is 6.20 Å². The van der Waals surface area contributed by atoms with Crippen LogP contribution in [0.2, 0.25) is 0 Å². The lowest BCUT2D eigenvalue weighted by Crippen LogP contribution is -2.31. The summed E-state index contributed by atoms with van der Waals surface area (Å²) in [6.07, 6.45) is 7.11. The zero-order valence-electron chi connectivity index (χ0n) is 18.8. The number of hydrogen-bond donors (Lipinski definition) is 0. The van der Waals surface area contributed by atoms with Crippen molar-refractivity contribution in [3.8, 4) is 22.4 Å². The molecule has 0 aliphatic carbocycles. The number of benzene rings is 2. The molecule has 0 saturated heterocycles. The van der Waals surface area contributed by atoms with Crippen molar-refractivity contribution in [2.75, 3.05) is 0 Å². The molecule has 2 heterocycles. The van der Waals surface area contributed by atoms with Crippen molar-refractivity contribution in [2.45, 2.75) is 41.0 Å². The molecule has 0 atom stereocenters. The Kier molecular flexibility index (Phi) is 5.38. The Bertz CT molecular complexity index is 1220. The van der Waals surface area contributed by atoms with E-state index in [4.69, 9.17) is 9.97 Å². The lowest BCUT2D eigenvalue weighted by atomic mass is 9.91. The van der Waals surface area contributed by atoms with Gasteiger partial charge < -0.3 is 0 Å². The second-order valence-electron chi connectivity index (χ2n) is 8.79. The molecule has 2 aromatic heterocycles. The number of rotatable bonds is 4. The Morgan fingerprint density at radius 1 is 0.967 bits per heavy atom. The van der Waals surface area contributed by atoms with Crippen molar-refractivity contribution in [2.24, 2.45) is 13.0 Å². The van der Waals surface area contributed by atoms with Crippen molar-refractivity contribution in [1.29, 1.82) is 0 Å². The van der Waals surface area contributed by atoms with Crippen LogP contribution < -0.4 is 4.57 Å². The Labute approximate surface area is 179 Å². The molecule has 4 rings (SSSR count). The van der Waals surface area contributed by atoms with Gasteiger partial charge >= 0.3 is 0 Å². The van der Waals surface area contributed by atoms with Gasteiger partial charge in [-0.05, 0) is 49.9 Å². The highest BCUT2D eigenvalue weighted by Gasteiger charge is 2.24. The van der Waals surface area contributed by atoms with Crippen LogP contribution in [0.25, 0.3) is 33.2 Å². The van der Waals surface area contributed by atoms with E-state index in [1.165, 1.54) is 44.3 Å². The quantitative estimate of drug-likeness (QED) is 0.401. The zero-order chi connectivity index (χ0) is 21.4. The number of fused-ring (bicyclic) bond motifs is 1. The number of hydrogen-bond acceptors (Lipinski definition) is 2. The maximum atomic E-state index is 4.70. The molecule has 0 unspecified atom stereocenters. The highest BCUT2D eigenvalue weighted by atomic mass is 14.9. The normalized spacial score (nSPS) is 11.4. The van der Waals surface area contributed by atoms with Crippen molar-refractivity contribution in [3.63, 3.8) is 0 Å². The number of pyridine rings is 1. The summed E-state index contributed by atoms with van der Waals surface area (Å²) in [6.45, 7) is 11.0. The summed E-state index contributed by atoms with van der Waals surface area (Å²) < 4.78 is 2.25. The summed E-state index contributed by atoms with van der Waals surface area (Å²) in [5.74, 6) is 1.45. The molecule has 2 aromatic carbocycles. The van der Waals surface area contributed by atoms with Gasteiger partial charge in [-0.2, -0.15) is 4.57 Å². The minimum absolute atomic E-state index is 0.541. The number of aryl methyl sites for hydroxylation is 3. The van der Waals surface area contributed by atoms with Crippen molar-refractivity contribution in [3.05, 3.63) is 77.5 Å².